The van der Waals surface area contributed by atoms with E-state index >= 15 is 0 Å². The summed E-state index contributed by atoms with van der Waals surface area (Å²) in [7, 11) is 1.47. The van der Waals surface area contributed by atoms with Gasteiger partial charge in [-0.2, -0.15) is 5.10 Å². The number of benzene rings is 1. The molecule has 0 aliphatic carbocycles. The fraction of sp³-hybridized carbons (Fsp3) is 0.150. The molecular weight excluding hydrogens is 393 g/mol. The molecule has 0 saturated carbocycles. The second kappa shape index (κ2) is 10.0. The van der Waals surface area contributed by atoms with E-state index in [9.17, 15) is 9.18 Å². The van der Waals surface area contributed by atoms with Crippen molar-refractivity contribution in [2.45, 2.75) is 0 Å². The monoisotopic (exact) mass is 411 g/mol. The SMILES string of the molecule is COc1ccc(F)c(/C=N/NC(=O)c2cncc(-c3ccc(OCCO)nc3)n2)c1. The molecule has 1 amide bonds. The van der Waals surface area contributed by atoms with Gasteiger partial charge in [0.25, 0.3) is 5.91 Å². The quantitative estimate of drug-likeness (QED) is 0.429. The lowest BCUT2D eigenvalue weighted by molar-refractivity contribution is 0.0950. The highest BCUT2D eigenvalue weighted by atomic mass is 19.1. The number of nitrogens with zero attached hydrogens (tertiary/aromatic N) is 4. The summed E-state index contributed by atoms with van der Waals surface area (Å²) in [5, 5.41) is 12.5. The van der Waals surface area contributed by atoms with Crippen LogP contribution in [0.2, 0.25) is 0 Å². The van der Waals surface area contributed by atoms with Gasteiger partial charge in [-0.25, -0.2) is 19.8 Å². The van der Waals surface area contributed by atoms with Crippen LogP contribution in [0.25, 0.3) is 11.3 Å². The molecule has 0 unspecified atom stereocenters. The molecule has 2 heterocycles. The van der Waals surface area contributed by atoms with Gasteiger partial charge in [-0.1, -0.05) is 0 Å². The van der Waals surface area contributed by atoms with E-state index < -0.39 is 11.7 Å². The molecule has 0 atom stereocenters. The number of hydrogen-bond donors (Lipinski definition) is 2. The normalized spacial score (nSPS) is 10.8. The van der Waals surface area contributed by atoms with Crippen LogP contribution in [0, 0.1) is 5.82 Å². The number of methoxy groups -OCH3 is 1. The molecule has 0 aliphatic heterocycles. The van der Waals surface area contributed by atoms with Crippen LogP contribution >= 0.6 is 0 Å². The van der Waals surface area contributed by atoms with E-state index in [0.717, 1.165) is 0 Å². The van der Waals surface area contributed by atoms with E-state index in [4.69, 9.17) is 14.6 Å². The van der Waals surface area contributed by atoms with Crippen molar-refractivity contribution < 1.29 is 23.8 Å². The van der Waals surface area contributed by atoms with Crippen molar-refractivity contribution in [1.29, 1.82) is 0 Å². The average Bonchev–Trinajstić information content (AvgIpc) is 2.79. The fourth-order valence-corrected chi connectivity index (χ4v) is 2.35. The van der Waals surface area contributed by atoms with Crippen LogP contribution in [-0.4, -0.2) is 52.5 Å². The lowest BCUT2D eigenvalue weighted by atomic mass is 10.2. The Morgan fingerprint density at radius 3 is 2.87 bits per heavy atom. The predicted octanol–water partition coefficient (Wildman–Crippen LogP) is 1.82. The molecule has 30 heavy (non-hydrogen) atoms. The fourth-order valence-electron chi connectivity index (χ4n) is 2.35. The number of carbonyl (C=O) groups excluding carboxylic acids is 1. The topological polar surface area (TPSA) is 119 Å². The molecule has 0 saturated heterocycles. The number of aromatic nitrogens is 3. The standard InChI is InChI=1S/C20H18FN5O4/c1-29-15-3-4-16(21)14(8-15)10-24-26-20(28)18-12-22-11-17(25-18)13-2-5-19(23-9-13)30-7-6-27/h2-5,8-12,27H,6-7H2,1H3,(H,26,28)/b24-10+. The maximum absolute atomic E-state index is 13.8. The number of aliphatic hydroxyl groups is 1. The summed E-state index contributed by atoms with van der Waals surface area (Å²) in [6.07, 6.45) is 5.45. The lowest BCUT2D eigenvalue weighted by Gasteiger charge is -2.05. The third kappa shape index (κ3) is 5.32. The van der Waals surface area contributed by atoms with Crippen LogP contribution in [0.5, 0.6) is 11.6 Å². The molecule has 3 rings (SSSR count). The van der Waals surface area contributed by atoms with Gasteiger partial charge in [0.05, 0.1) is 38.0 Å². The van der Waals surface area contributed by atoms with E-state index in [1.54, 1.807) is 12.1 Å². The molecule has 10 heteroatoms. The highest BCUT2D eigenvalue weighted by Gasteiger charge is 2.10. The zero-order chi connectivity index (χ0) is 21.3. The minimum Gasteiger partial charge on any atom is -0.497 e. The molecule has 2 aromatic heterocycles. The first-order chi connectivity index (χ1) is 14.6. The minimum absolute atomic E-state index is 0.0244. The van der Waals surface area contributed by atoms with E-state index in [1.165, 1.54) is 50.1 Å². The van der Waals surface area contributed by atoms with Crippen molar-refractivity contribution in [3.63, 3.8) is 0 Å². The highest BCUT2D eigenvalue weighted by Crippen LogP contribution is 2.18. The van der Waals surface area contributed by atoms with E-state index in [0.29, 0.717) is 22.9 Å². The summed E-state index contributed by atoms with van der Waals surface area (Å²) >= 11 is 0. The van der Waals surface area contributed by atoms with Gasteiger partial charge in [0.1, 0.15) is 23.9 Å². The van der Waals surface area contributed by atoms with Crippen LogP contribution < -0.4 is 14.9 Å². The number of nitrogens with one attached hydrogen (secondary N) is 1. The Kier molecular flexibility index (Phi) is 6.95. The first-order valence-corrected chi connectivity index (χ1v) is 8.80. The molecule has 1 aromatic carbocycles. The Hall–Kier alpha value is -3.92. The Balaban J connectivity index is 1.69. The third-order valence-electron chi connectivity index (χ3n) is 3.81. The lowest BCUT2D eigenvalue weighted by Crippen LogP contribution is -2.19. The van der Waals surface area contributed by atoms with Crippen molar-refractivity contribution in [2.75, 3.05) is 20.3 Å². The van der Waals surface area contributed by atoms with E-state index in [-0.39, 0.29) is 24.5 Å². The number of ether oxygens (including phenoxy) is 2. The second-order valence-corrected chi connectivity index (χ2v) is 5.83. The maximum Gasteiger partial charge on any atom is 0.291 e. The molecule has 0 bridgehead atoms. The van der Waals surface area contributed by atoms with Crippen LogP contribution in [0.15, 0.2) is 54.0 Å². The number of hydrazone groups is 1. The zero-order valence-electron chi connectivity index (χ0n) is 15.9. The maximum atomic E-state index is 13.8. The summed E-state index contributed by atoms with van der Waals surface area (Å²) < 4.78 is 24.0. The molecule has 154 valence electrons. The molecule has 0 spiro atoms. The van der Waals surface area contributed by atoms with Gasteiger partial charge < -0.3 is 14.6 Å². The number of aliphatic hydroxyl groups excluding tert-OH is 1. The van der Waals surface area contributed by atoms with Gasteiger partial charge >= 0.3 is 0 Å². The van der Waals surface area contributed by atoms with Crippen molar-refractivity contribution in [2.24, 2.45) is 5.10 Å². The van der Waals surface area contributed by atoms with Crippen LogP contribution in [0.1, 0.15) is 16.1 Å². The number of rotatable bonds is 8. The number of carbonyl (C=O) groups is 1. The number of hydrogen-bond acceptors (Lipinski definition) is 8. The largest absolute Gasteiger partial charge is 0.497 e. The molecular formula is C20H18FN5O4. The van der Waals surface area contributed by atoms with E-state index in [1.807, 2.05) is 0 Å². The third-order valence-corrected chi connectivity index (χ3v) is 3.81. The summed E-state index contributed by atoms with van der Waals surface area (Å²) in [5.41, 5.74) is 3.51. The first kappa shape index (κ1) is 20.8. The van der Waals surface area contributed by atoms with Crippen LogP contribution in [-0.2, 0) is 0 Å². The molecule has 0 aliphatic rings. The summed E-state index contributed by atoms with van der Waals surface area (Å²) in [6.45, 7) is 0.0288. The van der Waals surface area contributed by atoms with Gasteiger partial charge in [0.2, 0.25) is 5.88 Å². The smallest absolute Gasteiger partial charge is 0.291 e. The second-order valence-electron chi connectivity index (χ2n) is 5.83. The van der Waals surface area contributed by atoms with Crippen molar-refractivity contribution >= 4 is 12.1 Å². The Morgan fingerprint density at radius 1 is 1.27 bits per heavy atom. The number of pyridine rings is 1. The summed E-state index contributed by atoms with van der Waals surface area (Å²) in [6, 6.07) is 7.49. The average molecular weight is 411 g/mol. The number of halogens is 1. The zero-order valence-corrected chi connectivity index (χ0v) is 15.9. The van der Waals surface area contributed by atoms with Crippen molar-refractivity contribution in [3.8, 4) is 22.9 Å². The summed E-state index contributed by atoms with van der Waals surface area (Å²) in [5.74, 6) is -0.299. The number of amides is 1. The van der Waals surface area contributed by atoms with Crippen LogP contribution in [0.4, 0.5) is 4.39 Å². The molecule has 3 aromatic rings. The molecule has 0 radical (unpaired) electrons. The molecule has 9 nitrogen and oxygen atoms in total. The minimum atomic E-state index is -0.611. The predicted molar refractivity (Wildman–Crippen MR) is 106 cm³/mol. The van der Waals surface area contributed by atoms with Crippen molar-refractivity contribution in [3.05, 3.63) is 66.0 Å². The molecule has 0 fully saturated rings. The Morgan fingerprint density at radius 2 is 2.13 bits per heavy atom. The summed E-state index contributed by atoms with van der Waals surface area (Å²) in [4.78, 5) is 24.7. The molecule has 2 N–H and O–H groups in total. The Labute approximate surface area is 171 Å². The van der Waals surface area contributed by atoms with Gasteiger partial charge in [-0.05, 0) is 24.3 Å². The van der Waals surface area contributed by atoms with E-state index in [2.05, 4.69) is 25.5 Å². The van der Waals surface area contributed by atoms with Gasteiger partial charge in [-0.3, -0.25) is 9.78 Å². The Bertz CT molecular complexity index is 1040. The highest BCUT2D eigenvalue weighted by molar-refractivity contribution is 5.93. The van der Waals surface area contributed by atoms with Crippen LogP contribution in [0.3, 0.4) is 0 Å². The van der Waals surface area contributed by atoms with Crippen molar-refractivity contribution in [1.82, 2.24) is 20.4 Å². The van der Waals surface area contributed by atoms with Gasteiger partial charge in [0, 0.05) is 23.4 Å². The van der Waals surface area contributed by atoms with Gasteiger partial charge in [-0.15, -0.1) is 0 Å². The first-order valence-electron chi connectivity index (χ1n) is 8.80. The van der Waals surface area contributed by atoms with Gasteiger partial charge in [0.15, 0.2) is 0 Å².